The fourth-order valence-electron chi connectivity index (χ4n) is 2.19. The first kappa shape index (κ1) is 22.1. The average molecular weight is 384 g/mol. The zero-order valence-electron chi connectivity index (χ0n) is 15.2. The molecule has 5 N–H and O–H groups in total. The summed E-state index contributed by atoms with van der Waals surface area (Å²) >= 11 is 0. The van der Waals surface area contributed by atoms with Crippen molar-refractivity contribution < 1.29 is 17.9 Å². The van der Waals surface area contributed by atoms with Gasteiger partial charge in [0.25, 0.3) is 0 Å². The van der Waals surface area contributed by atoms with Gasteiger partial charge in [-0.25, -0.2) is 8.42 Å². The van der Waals surface area contributed by atoms with E-state index in [1.165, 1.54) is 0 Å². The van der Waals surface area contributed by atoms with Crippen LogP contribution >= 0.6 is 0 Å². The van der Waals surface area contributed by atoms with Crippen molar-refractivity contribution >= 4 is 15.7 Å². The van der Waals surface area contributed by atoms with Crippen LogP contribution in [0.25, 0.3) is 0 Å². The summed E-state index contributed by atoms with van der Waals surface area (Å²) in [5.41, 5.74) is 11.7. The highest BCUT2D eigenvalue weighted by molar-refractivity contribution is 7.91. The Bertz CT molecular complexity index is 685. The van der Waals surface area contributed by atoms with E-state index >= 15 is 0 Å². The van der Waals surface area contributed by atoms with Crippen molar-refractivity contribution in [3.63, 3.8) is 0 Å². The van der Waals surface area contributed by atoms with E-state index in [-0.39, 0.29) is 23.1 Å². The molecule has 0 bridgehead atoms. The second-order valence-corrected chi connectivity index (χ2v) is 7.95. The Labute approximate surface area is 155 Å². The van der Waals surface area contributed by atoms with Gasteiger partial charge in [-0.05, 0) is 49.6 Å². The highest BCUT2D eigenvalue weighted by atomic mass is 32.2. The zero-order chi connectivity index (χ0) is 19.4. The number of hydrogen-bond acceptors (Lipinski definition) is 6. The molecule has 1 rings (SSSR count). The van der Waals surface area contributed by atoms with Gasteiger partial charge in [0, 0.05) is 13.1 Å². The fraction of sp³-hybridized carbons (Fsp3) is 0.500. The van der Waals surface area contributed by atoms with Gasteiger partial charge in [0.1, 0.15) is 12.4 Å². The van der Waals surface area contributed by atoms with Crippen LogP contribution in [0.4, 0.5) is 0 Å². The summed E-state index contributed by atoms with van der Waals surface area (Å²) in [7, 11) is -3.32. The summed E-state index contributed by atoms with van der Waals surface area (Å²) in [6.45, 7) is 3.20. The lowest BCUT2D eigenvalue weighted by Crippen LogP contribution is -2.30. The number of carbonyl (C=O) groups excluding carboxylic acids is 1. The lowest BCUT2D eigenvalue weighted by molar-refractivity contribution is -0.119. The van der Waals surface area contributed by atoms with E-state index in [9.17, 15) is 13.2 Å². The normalized spacial score (nSPS) is 12.0. The molecule has 0 heterocycles. The van der Waals surface area contributed by atoms with Crippen LogP contribution in [0.15, 0.2) is 40.8 Å². The largest absolute Gasteiger partial charge is 0.489 e. The van der Waals surface area contributed by atoms with Crippen LogP contribution in [0.1, 0.15) is 26.2 Å². The van der Waals surface area contributed by atoms with Gasteiger partial charge < -0.3 is 21.5 Å². The fourth-order valence-corrected chi connectivity index (χ4v) is 3.56. The van der Waals surface area contributed by atoms with Crippen molar-refractivity contribution in [3.8, 4) is 5.75 Å². The number of ether oxygens (including phenoxy) is 1. The molecule has 8 heteroatoms. The molecule has 1 aromatic rings. The molecule has 0 atom stereocenters. The third-order valence-electron chi connectivity index (χ3n) is 3.87. The Morgan fingerprint density at radius 2 is 1.81 bits per heavy atom. The maximum absolute atomic E-state index is 12.3. The van der Waals surface area contributed by atoms with Gasteiger partial charge >= 0.3 is 0 Å². The molecular weight excluding hydrogens is 354 g/mol. The van der Waals surface area contributed by atoms with Crippen molar-refractivity contribution in [2.24, 2.45) is 11.5 Å². The van der Waals surface area contributed by atoms with Crippen LogP contribution in [0, 0.1) is 0 Å². The highest BCUT2D eigenvalue weighted by Gasteiger charge is 2.14. The predicted octanol–water partition coefficient (Wildman–Crippen LogP) is 0.989. The molecule has 1 amide bonds. The molecule has 1 aromatic carbocycles. The number of nitrogens with one attached hydrogen (secondary N) is 1. The summed E-state index contributed by atoms with van der Waals surface area (Å²) in [5.74, 6) is 0.480. The maximum atomic E-state index is 12.3. The Morgan fingerprint density at radius 3 is 2.38 bits per heavy atom. The summed E-state index contributed by atoms with van der Waals surface area (Å²) < 4.78 is 30.3. The minimum absolute atomic E-state index is 0.0314. The molecule has 0 saturated heterocycles. The van der Waals surface area contributed by atoms with E-state index in [0.29, 0.717) is 31.9 Å². The minimum Gasteiger partial charge on any atom is -0.489 e. The molecule has 7 nitrogen and oxygen atoms in total. The predicted molar refractivity (Wildman–Crippen MR) is 103 cm³/mol. The van der Waals surface area contributed by atoms with Gasteiger partial charge in [-0.2, -0.15) is 0 Å². The number of unbranched alkanes of at least 4 members (excludes halogenated alkanes) is 2. The summed E-state index contributed by atoms with van der Waals surface area (Å²) in [5, 5.41) is 2.66. The molecule has 26 heavy (non-hydrogen) atoms. The Balaban J connectivity index is 2.42. The van der Waals surface area contributed by atoms with E-state index in [4.69, 9.17) is 16.2 Å². The van der Waals surface area contributed by atoms with E-state index < -0.39 is 9.84 Å². The van der Waals surface area contributed by atoms with Gasteiger partial charge in [0.05, 0.1) is 17.2 Å². The zero-order valence-corrected chi connectivity index (χ0v) is 16.1. The number of nitrogens with two attached hydrogens (primary N) is 2. The van der Waals surface area contributed by atoms with Gasteiger partial charge in [-0.3, -0.25) is 4.79 Å². The molecule has 0 fully saturated rings. The summed E-state index contributed by atoms with van der Waals surface area (Å²) in [4.78, 5) is 11.3. The van der Waals surface area contributed by atoms with Gasteiger partial charge in [0.15, 0.2) is 9.84 Å². The molecular formula is C18H29N3O4S. The molecule has 0 aromatic heterocycles. The topological polar surface area (TPSA) is 125 Å². The molecule has 0 unspecified atom stereocenters. The first-order valence-electron chi connectivity index (χ1n) is 8.69. The quantitative estimate of drug-likeness (QED) is 0.365. The Morgan fingerprint density at radius 1 is 1.12 bits per heavy atom. The molecule has 0 aliphatic carbocycles. The van der Waals surface area contributed by atoms with Crippen molar-refractivity contribution in [1.82, 2.24) is 5.32 Å². The van der Waals surface area contributed by atoms with Crippen LogP contribution in [0.2, 0.25) is 0 Å². The molecule has 0 aliphatic rings. The smallest absolute Gasteiger partial charge is 0.233 e. The lowest BCUT2D eigenvalue weighted by atomic mass is 10.2. The van der Waals surface area contributed by atoms with Crippen molar-refractivity contribution in [1.29, 1.82) is 0 Å². The second kappa shape index (κ2) is 11.7. The molecule has 0 radical (unpaired) electrons. The van der Waals surface area contributed by atoms with Crippen LogP contribution in [-0.2, 0) is 14.6 Å². The molecule has 0 saturated carbocycles. The minimum atomic E-state index is -3.32. The van der Waals surface area contributed by atoms with E-state index in [0.717, 1.165) is 18.4 Å². The molecule has 146 valence electrons. The Hall–Kier alpha value is -1.90. The van der Waals surface area contributed by atoms with E-state index in [1.807, 2.05) is 13.0 Å². The van der Waals surface area contributed by atoms with E-state index in [1.54, 1.807) is 24.3 Å². The van der Waals surface area contributed by atoms with Gasteiger partial charge in [-0.15, -0.1) is 0 Å². The molecule has 0 spiro atoms. The first-order chi connectivity index (χ1) is 12.4. The molecule has 0 aliphatic heterocycles. The summed E-state index contributed by atoms with van der Waals surface area (Å²) in [6.07, 6.45) is 3.89. The van der Waals surface area contributed by atoms with Crippen molar-refractivity contribution in [3.05, 3.63) is 35.9 Å². The SMILES string of the molecule is C/C=C(\CN)COc1ccc(S(=O)(=O)CCCCCNC(=O)CN)cc1. The number of allylic oxidation sites excluding steroid dienone is 1. The number of rotatable bonds is 12. The first-order valence-corrected chi connectivity index (χ1v) is 10.3. The lowest BCUT2D eigenvalue weighted by Gasteiger charge is -2.09. The van der Waals surface area contributed by atoms with Crippen LogP contribution < -0.4 is 21.5 Å². The van der Waals surface area contributed by atoms with Crippen LogP contribution in [0.5, 0.6) is 5.75 Å². The van der Waals surface area contributed by atoms with E-state index in [2.05, 4.69) is 5.32 Å². The Kier molecular flexibility index (Phi) is 9.93. The number of sulfone groups is 1. The standard InChI is InChI=1S/C18H29N3O4S/c1-2-15(12-19)14-25-16-6-8-17(9-7-16)26(23,24)11-5-3-4-10-21-18(22)13-20/h2,6-9H,3-5,10-14,19-20H2,1H3,(H,21,22)/b15-2+. The highest BCUT2D eigenvalue weighted by Crippen LogP contribution is 2.18. The van der Waals surface area contributed by atoms with Gasteiger partial charge in [0.2, 0.25) is 5.91 Å². The van der Waals surface area contributed by atoms with Crippen LogP contribution in [-0.4, -0.2) is 46.3 Å². The monoisotopic (exact) mass is 383 g/mol. The number of carbonyl (C=O) groups is 1. The third-order valence-corrected chi connectivity index (χ3v) is 5.69. The number of benzene rings is 1. The number of hydrogen-bond donors (Lipinski definition) is 3. The van der Waals surface area contributed by atoms with Crippen molar-refractivity contribution in [2.45, 2.75) is 31.1 Å². The third kappa shape index (κ3) is 7.99. The van der Waals surface area contributed by atoms with Crippen molar-refractivity contribution in [2.75, 3.05) is 32.0 Å². The second-order valence-electron chi connectivity index (χ2n) is 5.84. The number of amides is 1. The average Bonchev–Trinajstić information content (AvgIpc) is 2.65. The maximum Gasteiger partial charge on any atom is 0.233 e. The van der Waals surface area contributed by atoms with Crippen LogP contribution in [0.3, 0.4) is 0 Å². The van der Waals surface area contributed by atoms with Gasteiger partial charge in [-0.1, -0.05) is 12.5 Å². The summed E-state index contributed by atoms with van der Waals surface area (Å²) in [6, 6.07) is 6.42.